The fourth-order valence-corrected chi connectivity index (χ4v) is 5.11. The van der Waals surface area contributed by atoms with Gasteiger partial charge >= 0.3 is 0 Å². The molecule has 0 spiro atoms. The highest BCUT2D eigenvalue weighted by Gasteiger charge is 2.52. The molecule has 5 rings (SSSR count). The van der Waals surface area contributed by atoms with Crippen LogP contribution >= 0.6 is 0 Å². The molecule has 4 aromatic rings. The van der Waals surface area contributed by atoms with Crippen LogP contribution in [0.15, 0.2) is 121 Å². The predicted molar refractivity (Wildman–Crippen MR) is 117 cm³/mol. The molecule has 0 atom stereocenters. The molecular weight excluding hydrogens is 336 g/mol. The molecule has 1 fully saturated rings. The summed E-state index contributed by atoms with van der Waals surface area (Å²) in [6.07, 6.45) is 0. The van der Waals surface area contributed by atoms with Crippen LogP contribution in [0, 0.1) is 0 Å². The summed E-state index contributed by atoms with van der Waals surface area (Å²) in [5, 5.41) is 0. The monoisotopic (exact) mass is 360 g/mol. The average molecular weight is 361 g/mol. The number of benzene rings is 4. The molecule has 28 heavy (non-hydrogen) atoms. The van der Waals surface area contributed by atoms with E-state index < -0.39 is 0 Å². The fraction of sp³-hybridized carbons (Fsp3) is 0.143. The van der Waals surface area contributed by atoms with E-state index in [2.05, 4.69) is 121 Å². The average Bonchev–Trinajstić information content (AvgIpc) is 2.76. The van der Waals surface area contributed by atoms with E-state index in [9.17, 15) is 0 Å². The minimum atomic E-state index is 0.483. The first-order chi connectivity index (χ1) is 13.9. The molecule has 0 unspecified atom stereocenters. The number of rotatable bonds is 4. The van der Waals surface area contributed by atoms with Crippen molar-refractivity contribution in [1.29, 1.82) is 0 Å². The first-order valence-electron chi connectivity index (χ1n) is 10.1. The van der Waals surface area contributed by atoms with Gasteiger partial charge in [-0.05, 0) is 45.9 Å². The van der Waals surface area contributed by atoms with Gasteiger partial charge in [0.25, 0.3) is 0 Å². The van der Waals surface area contributed by atoms with E-state index >= 15 is 0 Å². The molecule has 1 aliphatic rings. The van der Waals surface area contributed by atoms with Crippen molar-refractivity contribution in [3.63, 3.8) is 0 Å². The normalized spacial score (nSPS) is 23.7. The predicted octanol–water partition coefficient (Wildman–Crippen LogP) is 7.14. The Morgan fingerprint density at radius 1 is 0.250 bits per heavy atom. The quantitative estimate of drug-likeness (QED) is 0.363. The Labute approximate surface area is 167 Å². The van der Waals surface area contributed by atoms with Crippen molar-refractivity contribution in [3.05, 3.63) is 144 Å². The minimum absolute atomic E-state index is 0.483. The van der Waals surface area contributed by atoms with Crippen LogP contribution in [-0.4, -0.2) is 0 Å². The second-order valence-corrected chi connectivity index (χ2v) is 7.75. The zero-order chi connectivity index (χ0) is 18.8. The van der Waals surface area contributed by atoms with Crippen LogP contribution in [0.2, 0.25) is 0 Å². The third-order valence-electron chi connectivity index (χ3n) is 6.29. The van der Waals surface area contributed by atoms with Gasteiger partial charge in [-0.15, -0.1) is 0 Å². The van der Waals surface area contributed by atoms with Crippen LogP contribution in [0.25, 0.3) is 0 Å². The second kappa shape index (κ2) is 7.48. The van der Waals surface area contributed by atoms with E-state index in [1.54, 1.807) is 0 Å². The molecule has 1 aliphatic carbocycles. The first kappa shape index (κ1) is 17.0. The Balaban J connectivity index is 1.67. The van der Waals surface area contributed by atoms with Crippen molar-refractivity contribution in [2.75, 3.05) is 0 Å². The number of hydrogen-bond acceptors (Lipinski definition) is 0. The summed E-state index contributed by atoms with van der Waals surface area (Å²) >= 11 is 0. The molecule has 0 radical (unpaired) electrons. The van der Waals surface area contributed by atoms with Gasteiger partial charge in [0.2, 0.25) is 0 Å². The summed E-state index contributed by atoms with van der Waals surface area (Å²) in [6, 6.07) is 44.3. The van der Waals surface area contributed by atoms with Gasteiger partial charge in [-0.3, -0.25) is 0 Å². The van der Waals surface area contributed by atoms with Crippen LogP contribution in [0.1, 0.15) is 45.9 Å². The summed E-state index contributed by atoms with van der Waals surface area (Å²) in [5.74, 6) is 1.93. The third kappa shape index (κ3) is 2.96. The topological polar surface area (TPSA) is 0 Å². The van der Waals surface area contributed by atoms with Crippen LogP contribution in [-0.2, 0) is 0 Å². The third-order valence-corrected chi connectivity index (χ3v) is 6.29. The van der Waals surface area contributed by atoms with Gasteiger partial charge in [0.05, 0.1) is 0 Å². The van der Waals surface area contributed by atoms with E-state index in [1.165, 1.54) is 22.3 Å². The lowest BCUT2D eigenvalue weighted by Gasteiger charge is -2.53. The van der Waals surface area contributed by atoms with Crippen LogP contribution in [0.5, 0.6) is 0 Å². The minimum Gasteiger partial charge on any atom is -0.0622 e. The maximum Gasteiger partial charge on any atom is -0.00120 e. The van der Waals surface area contributed by atoms with E-state index in [1.807, 2.05) is 0 Å². The SMILES string of the molecule is c1ccc(C2C(c3ccccc3)C(c3ccccc3)C2c2ccccc2)cc1. The Hall–Kier alpha value is -3.12. The highest BCUT2D eigenvalue weighted by Crippen LogP contribution is 2.66. The zero-order valence-electron chi connectivity index (χ0n) is 15.9. The molecule has 0 aliphatic heterocycles. The van der Waals surface area contributed by atoms with Crippen molar-refractivity contribution < 1.29 is 0 Å². The highest BCUT2D eigenvalue weighted by atomic mass is 14.5. The maximum atomic E-state index is 2.30. The summed E-state index contributed by atoms with van der Waals surface area (Å²) in [5.41, 5.74) is 5.77. The molecule has 0 heterocycles. The molecule has 1 saturated carbocycles. The maximum absolute atomic E-state index is 2.30. The molecule has 0 heteroatoms. The molecule has 0 N–H and O–H groups in total. The Kier molecular flexibility index (Phi) is 4.54. The standard InChI is InChI=1S/C28H24/c1-5-13-21(14-6-1)25-26(22-15-7-2-8-16-22)28(24-19-11-4-12-20-24)27(25)23-17-9-3-10-18-23/h1-20,25-28H. The summed E-state index contributed by atoms with van der Waals surface area (Å²) < 4.78 is 0. The van der Waals surface area contributed by atoms with E-state index in [4.69, 9.17) is 0 Å². The van der Waals surface area contributed by atoms with Crippen molar-refractivity contribution >= 4 is 0 Å². The van der Waals surface area contributed by atoms with Gasteiger partial charge in [-0.1, -0.05) is 121 Å². The van der Waals surface area contributed by atoms with Gasteiger partial charge in [0.1, 0.15) is 0 Å². The van der Waals surface area contributed by atoms with Crippen molar-refractivity contribution in [1.82, 2.24) is 0 Å². The van der Waals surface area contributed by atoms with E-state index in [0.717, 1.165) is 0 Å². The Morgan fingerprint density at radius 3 is 0.607 bits per heavy atom. The molecule has 4 aromatic carbocycles. The van der Waals surface area contributed by atoms with Crippen molar-refractivity contribution in [2.24, 2.45) is 0 Å². The molecule has 0 bridgehead atoms. The van der Waals surface area contributed by atoms with Crippen LogP contribution in [0.4, 0.5) is 0 Å². The summed E-state index contributed by atoms with van der Waals surface area (Å²) in [4.78, 5) is 0. The molecule has 0 nitrogen and oxygen atoms in total. The van der Waals surface area contributed by atoms with Crippen molar-refractivity contribution in [3.8, 4) is 0 Å². The molecule has 0 aromatic heterocycles. The fourth-order valence-electron chi connectivity index (χ4n) is 5.11. The van der Waals surface area contributed by atoms with Gasteiger partial charge in [-0.25, -0.2) is 0 Å². The lowest BCUT2D eigenvalue weighted by molar-refractivity contribution is 0.229. The van der Waals surface area contributed by atoms with Gasteiger partial charge in [0, 0.05) is 0 Å². The van der Waals surface area contributed by atoms with Gasteiger partial charge < -0.3 is 0 Å². The zero-order valence-corrected chi connectivity index (χ0v) is 15.9. The van der Waals surface area contributed by atoms with E-state index in [0.29, 0.717) is 23.7 Å². The summed E-state index contributed by atoms with van der Waals surface area (Å²) in [7, 11) is 0. The Bertz CT molecular complexity index is 825. The van der Waals surface area contributed by atoms with Crippen molar-refractivity contribution in [2.45, 2.75) is 23.7 Å². The van der Waals surface area contributed by atoms with Crippen LogP contribution in [0.3, 0.4) is 0 Å². The van der Waals surface area contributed by atoms with E-state index in [-0.39, 0.29) is 0 Å². The smallest absolute Gasteiger partial charge is 0.00120 e. The molecule has 0 saturated heterocycles. The Morgan fingerprint density at radius 2 is 0.429 bits per heavy atom. The lowest BCUT2D eigenvalue weighted by atomic mass is 9.49. The second-order valence-electron chi connectivity index (χ2n) is 7.75. The molecule has 136 valence electrons. The highest BCUT2D eigenvalue weighted by molar-refractivity contribution is 5.47. The molecular formula is C28H24. The van der Waals surface area contributed by atoms with Gasteiger partial charge in [-0.2, -0.15) is 0 Å². The van der Waals surface area contributed by atoms with Gasteiger partial charge in [0.15, 0.2) is 0 Å². The largest absolute Gasteiger partial charge is 0.0622 e. The first-order valence-corrected chi connectivity index (χ1v) is 10.1. The number of hydrogen-bond donors (Lipinski definition) is 0. The molecule has 0 amide bonds. The van der Waals surface area contributed by atoms with Crippen LogP contribution < -0.4 is 0 Å². The summed E-state index contributed by atoms with van der Waals surface area (Å²) in [6.45, 7) is 0. The lowest BCUT2D eigenvalue weighted by Crippen LogP contribution is -2.40.